The first-order valence-electron chi connectivity index (χ1n) is 4.78. The predicted octanol–water partition coefficient (Wildman–Crippen LogP) is 0.643. The molecule has 0 saturated carbocycles. The molecule has 84 valence electrons. The summed E-state index contributed by atoms with van der Waals surface area (Å²) in [6.07, 6.45) is 0.325. The molecular formula is C9H16N4OS. The summed E-state index contributed by atoms with van der Waals surface area (Å²) < 4.78 is 4.09. The fraction of sp³-hybridized carbons (Fsp3) is 0.667. The number of nitrogens with one attached hydrogen (secondary N) is 1. The van der Waals surface area contributed by atoms with Gasteiger partial charge in [-0.1, -0.05) is 0 Å². The van der Waals surface area contributed by atoms with Gasteiger partial charge in [-0.3, -0.25) is 4.79 Å². The number of rotatable bonds is 6. The van der Waals surface area contributed by atoms with E-state index in [1.54, 1.807) is 6.92 Å². The van der Waals surface area contributed by atoms with E-state index in [-0.39, 0.29) is 5.78 Å². The Hall–Kier alpha value is -1.01. The molecule has 0 radical (unpaired) electrons. The van der Waals surface area contributed by atoms with Crippen molar-refractivity contribution in [2.45, 2.75) is 13.3 Å². The zero-order valence-electron chi connectivity index (χ0n) is 9.28. The van der Waals surface area contributed by atoms with Gasteiger partial charge in [0.1, 0.15) is 5.78 Å². The normalized spacial score (nSPS) is 10.7. The van der Waals surface area contributed by atoms with Gasteiger partial charge in [-0.2, -0.15) is 4.37 Å². The maximum Gasteiger partial charge on any atom is 0.202 e. The number of nitrogens with zero attached hydrogens (tertiary/aromatic N) is 3. The Morgan fingerprint density at radius 3 is 2.87 bits per heavy atom. The van der Waals surface area contributed by atoms with Crippen LogP contribution in [0.2, 0.25) is 0 Å². The zero-order chi connectivity index (χ0) is 11.3. The lowest BCUT2D eigenvalue weighted by Crippen LogP contribution is -2.20. The van der Waals surface area contributed by atoms with Crippen LogP contribution in [0.15, 0.2) is 0 Å². The van der Waals surface area contributed by atoms with Gasteiger partial charge in [-0.15, -0.1) is 0 Å². The fourth-order valence-electron chi connectivity index (χ4n) is 1.01. The smallest absolute Gasteiger partial charge is 0.202 e. The van der Waals surface area contributed by atoms with E-state index >= 15 is 0 Å². The van der Waals surface area contributed by atoms with Gasteiger partial charge < -0.3 is 10.2 Å². The summed E-state index contributed by atoms with van der Waals surface area (Å²) in [5.41, 5.74) is 0. The van der Waals surface area contributed by atoms with Crippen molar-refractivity contribution in [2.24, 2.45) is 0 Å². The average molecular weight is 228 g/mol. The van der Waals surface area contributed by atoms with E-state index < -0.39 is 0 Å². The Labute approximate surface area is 93.7 Å². The number of Topliss-reactive ketones (excluding diaryl/α,β-unsaturated/α-hetero) is 1. The highest BCUT2D eigenvalue weighted by atomic mass is 32.1. The van der Waals surface area contributed by atoms with Crippen LogP contribution in [0, 0.1) is 0 Å². The Morgan fingerprint density at radius 2 is 2.27 bits per heavy atom. The Bertz CT molecular complexity index is 324. The van der Waals surface area contributed by atoms with Crippen molar-refractivity contribution in [3.8, 4) is 0 Å². The molecule has 0 aliphatic rings. The van der Waals surface area contributed by atoms with Crippen LogP contribution >= 0.6 is 11.5 Å². The number of ketones is 1. The van der Waals surface area contributed by atoms with E-state index in [0.717, 1.165) is 18.2 Å². The average Bonchev–Trinajstić information content (AvgIpc) is 2.50. The van der Waals surface area contributed by atoms with E-state index in [2.05, 4.69) is 19.6 Å². The van der Waals surface area contributed by atoms with Crippen LogP contribution in [0.5, 0.6) is 0 Å². The predicted molar refractivity (Wildman–Crippen MR) is 61.3 cm³/mol. The molecule has 0 atom stereocenters. The summed E-state index contributed by atoms with van der Waals surface area (Å²) in [5, 5.41) is 3.95. The molecular weight excluding hydrogens is 212 g/mol. The molecule has 6 heteroatoms. The second-order valence-electron chi connectivity index (χ2n) is 3.62. The molecule has 0 spiro atoms. The number of carbonyl (C=O) groups is 1. The van der Waals surface area contributed by atoms with Crippen LogP contribution in [-0.2, 0) is 11.2 Å². The lowest BCUT2D eigenvalue weighted by molar-refractivity contribution is -0.116. The van der Waals surface area contributed by atoms with Gasteiger partial charge in [0.05, 0.1) is 6.42 Å². The molecule has 0 fully saturated rings. The van der Waals surface area contributed by atoms with Gasteiger partial charge in [0.2, 0.25) is 5.13 Å². The summed E-state index contributed by atoms with van der Waals surface area (Å²) in [7, 11) is 4.03. The minimum atomic E-state index is 0.0904. The van der Waals surface area contributed by atoms with Gasteiger partial charge in [-0.25, -0.2) is 4.98 Å². The van der Waals surface area contributed by atoms with Crippen LogP contribution in [-0.4, -0.2) is 47.2 Å². The Morgan fingerprint density at radius 1 is 1.53 bits per heavy atom. The van der Waals surface area contributed by atoms with Gasteiger partial charge in [-0.05, 0) is 21.0 Å². The Kier molecular flexibility index (Phi) is 4.64. The lowest BCUT2D eigenvalue weighted by atomic mass is 10.3. The molecule has 1 heterocycles. The van der Waals surface area contributed by atoms with E-state index in [1.165, 1.54) is 11.5 Å². The number of aromatic nitrogens is 2. The first-order chi connectivity index (χ1) is 7.08. The van der Waals surface area contributed by atoms with Crippen molar-refractivity contribution in [3.63, 3.8) is 0 Å². The van der Waals surface area contributed by atoms with Gasteiger partial charge in [0, 0.05) is 24.6 Å². The first kappa shape index (κ1) is 12.1. The molecule has 0 unspecified atom stereocenters. The molecule has 1 aromatic rings. The van der Waals surface area contributed by atoms with Crippen molar-refractivity contribution in [3.05, 3.63) is 5.82 Å². The molecule has 0 bridgehead atoms. The van der Waals surface area contributed by atoms with E-state index in [1.807, 2.05) is 14.1 Å². The van der Waals surface area contributed by atoms with Crippen LogP contribution in [0.25, 0.3) is 0 Å². The molecule has 1 rings (SSSR count). The first-order valence-corrected chi connectivity index (χ1v) is 5.56. The van der Waals surface area contributed by atoms with Gasteiger partial charge in [0.25, 0.3) is 0 Å². The number of likely N-dealkylation sites (N-methyl/N-ethyl adjacent to an activating group) is 1. The summed E-state index contributed by atoms with van der Waals surface area (Å²) in [4.78, 5) is 17.1. The second-order valence-corrected chi connectivity index (χ2v) is 4.38. The third-order valence-electron chi connectivity index (χ3n) is 1.71. The van der Waals surface area contributed by atoms with Crippen molar-refractivity contribution in [1.82, 2.24) is 14.3 Å². The molecule has 5 nitrogen and oxygen atoms in total. The van der Waals surface area contributed by atoms with Crippen molar-refractivity contribution < 1.29 is 4.79 Å². The minimum Gasteiger partial charge on any atom is -0.359 e. The SMILES string of the molecule is CC(=O)Cc1nsc(NCCN(C)C)n1. The van der Waals surface area contributed by atoms with Crippen molar-refractivity contribution in [1.29, 1.82) is 0 Å². The van der Waals surface area contributed by atoms with Crippen molar-refractivity contribution in [2.75, 3.05) is 32.5 Å². The van der Waals surface area contributed by atoms with E-state index in [9.17, 15) is 4.79 Å². The lowest BCUT2D eigenvalue weighted by Gasteiger charge is -2.08. The third kappa shape index (κ3) is 4.85. The molecule has 15 heavy (non-hydrogen) atoms. The summed E-state index contributed by atoms with van der Waals surface area (Å²) in [6, 6.07) is 0. The van der Waals surface area contributed by atoms with Gasteiger partial charge in [0.15, 0.2) is 5.82 Å². The van der Waals surface area contributed by atoms with E-state index in [0.29, 0.717) is 12.2 Å². The topological polar surface area (TPSA) is 58.1 Å². The summed E-state index contributed by atoms with van der Waals surface area (Å²) in [6.45, 7) is 3.32. The molecule has 0 amide bonds. The van der Waals surface area contributed by atoms with Crippen LogP contribution in [0.3, 0.4) is 0 Å². The summed E-state index contributed by atoms with van der Waals surface area (Å²) in [5.74, 6) is 0.701. The molecule has 0 aliphatic heterocycles. The largest absolute Gasteiger partial charge is 0.359 e. The number of hydrogen-bond acceptors (Lipinski definition) is 6. The summed E-state index contributed by atoms with van der Waals surface area (Å²) >= 11 is 1.30. The van der Waals surface area contributed by atoms with E-state index in [4.69, 9.17) is 0 Å². The molecule has 1 aromatic heterocycles. The van der Waals surface area contributed by atoms with Crippen LogP contribution in [0.4, 0.5) is 5.13 Å². The molecule has 0 aromatic carbocycles. The highest BCUT2D eigenvalue weighted by Crippen LogP contribution is 2.10. The highest BCUT2D eigenvalue weighted by Gasteiger charge is 2.05. The fourth-order valence-corrected chi connectivity index (χ4v) is 1.62. The monoisotopic (exact) mass is 228 g/mol. The minimum absolute atomic E-state index is 0.0904. The number of hydrogen-bond donors (Lipinski definition) is 1. The maximum atomic E-state index is 10.8. The van der Waals surface area contributed by atoms with Crippen molar-refractivity contribution >= 4 is 22.4 Å². The highest BCUT2D eigenvalue weighted by molar-refractivity contribution is 7.09. The standard InChI is InChI=1S/C9H16N4OS/c1-7(14)6-8-11-9(15-12-8)10-4-5-13(2)3/h4-6H2,1-3H3,(H,10,11,12). The van der Waals surface area contributed by atoms with Crippen LogP contribution < -0.4 is 5.32 Å². The molecule has 1 N–H and O–H groups in total. The molecule has 0 saturated heterocycles. The van der Waals surface area contributed by atoms with Gasteiger partial charge >= 0.3 is 0 Å². The van der Waals surface area contributed by atoms with Crippen LogP contribution in [0.1, 0.15) is 12.7 Å². The number of carbonyl (C=O) groups excluding carboxylic acids is 1. The second kappa shape index (κ2) is 5.77. The zero-order valence-corrected chi connectivity index (χ0v) is 10.1. The Balaban J connectivity index is 2.36. The number of anilines is 1. The maximum absolute atomic E-state index is 10.8. The quantitative estimate of drug-likeness (QED) is 0.774. The molecule has 0 aliphatic carbocycles. The third-order valence-corrected chi connectivity index (χ3v) is 2.42.